The number of nitrogens with one attached hydrogen (secondary N) is 3. The van der Waals surface area contributed by atoms with E-state index in [-0.39, 0.29) is 24.0 Å². The summed E-state index contributed by atoms with van der Waals surface area (Å²) in [6.07, 6.45) is 3.73. The Kier molecular flexibility index (Phi) is 12.4. The number of nitrogens with zero attached hydrogens (tertiary/aromatic N) is 2. The van der Waals surface area contributed by atoms with Crippen LogP contribution in [0.2, 0.25) is 0 Å². The van der Waals surface area contributed by atoms with E-state index in [1.54, 1.807) is 12.4 Å². The number of amides is 1. The van der Waals surface area contributed by atoms with Crippen LogP contribution in [0.4, 0.5) is 10.5 Å². The first-order chi connectivity index (χ1) is 14.9. The predicted octanol–water partition coefficient (Wildman–Crippen LogP) is 4.22. The van der Waals surface area contributed by atoms with Gasteiger partial charge in [0, 0.05) is 25.0 Å². The van der Waals surface area contributed by atoms with E-state index in [0.717, 1.165) is 30.2 Å². The number of hydrogen-bond acceptors (Lipinski definition) is 5. The highest BCUT2D eigenvalue weighted by atomic mass is 127. The van der Waals surface area contributed by atoms with E-state index in [9.17, 15) is 4.79 Å². The topological polar surface area (TPSA) is 96.9 Å². The van der Waals surface area contributed by atoms with Gasteiger partial charge in [-0.1, -0.05) is 12.1 Å². The number of carbonyl (C=O) groups excluding carboxylic acids is 1. The highest BCUT2D eigenvalue weighted by Crippen LogP contribution is 2.13. The number of rotatable bonds is 9. The van der Waals surface area contributed by atoms with Gasteiger partial charge in [-0.15, -0.1) is 24.0 Å². The monoisotopic (exact) mass is 555 g/mol. The minimum absolute atomic E-state index is 0. The maximum Gasteiger partial charge on any atom is 0.412 e. The van der Waals surface area contributed by atoms with Crippen LogP contribution in [0.3, 0.4) is 0 Å². The molecular weight excluding hydrogens is 521 g/mol. The fourth-order valence-corrected chi connectivity index (χ4v) is 2.59. The summed E-state index contributed by atoms with van der Waals surface area (Å²) in [4.78, 5) is 20.5. The lowest BCUT2D eigenvalue weighted by molar-refractivity contribution is 0.0636. The SMILES string of the molecule is CCNC(=NCCc1ccc(NC(=O)OC(C)(C)C)cc1)NCCOc1cccnc1.I. The number of ether oxygens (including phenoxy) is 2. The first-order valence-electron chi connectivity index (χ1n) is 10.5. The maximum atomic E-state index is 11.8. The van der Waals surface area contributed by atoms with Gasteiger partial charge < -0.3 is 20.1 Å². The van der Waals surface area contributed by atoms with Crippen molar-refractivity contribution in [1.82, 2.24) is 15.6 Å². The Bertz CT molecular complexity index is 824. The van der Waals surface area contributed by atoms with Crippen LogP contribution in [0.15, 0.2) is 53.8 Å². The molecule has 1 aromatic carbocycles. The molecule has 0 aliphatic heterocycles. The van der Waals surface area contributed by atoms with Crippen molar-refractivity contribution in [3.63, 3.8) is 0 Å². The molecule has 32 heavy (non-hydrogen) atoms. The van der Waals surface area contributed by atoms with Gasteiger partial charge in [0.15, 0.2) is 5.96 Å². The number of anilines is 1. The summed E-state index contributed by atoms with van der Waals surface area (Å²) >= 11 is 0. The van der Waals surface area contributed by atoms with Crippen molar-refractivity contribution in [2.45, 2.75) is 39.7 Å². The number of carbonyl (C=O) groups is 1. The minimum Gasteiger partial charge on any atom is -0.490 e. The molecule has 0 spiro atoms. The van der Waals surface area contributed by atoms with E-state index in [1.165, 1.54) is 0 Å². The molecule has 0 bridgehead atoms. The molecule has 2 aromatic rings. The Morgan fingerprint density at radius 2 is 1.88 bits per heavy atom. The van der Waals surface area contributed by atoms with E-state index in [0.29, 0.717) is 25.4 Å². The number of aromatic nitrogens is 1. The van der Waals surface area contributed by atoms with Gasteiger partial charge >= 0.3 is 6.09 Å². The van der Waals surface area contributed by atoms with Crippen LogP contribution in [0.5, 0.6) is 5.75 Å². The summed E-state index contributed by atoms with van der Waals surface area (Å²) in [5.74, 6) is 1.50. The molecule has 0 fully saturated rings. The number of hydrogen-bond donors (Lipinski definition) is 3. The molecule has 3 N–H and O–H groups in total. The summed E-state index contributed by atoms with van der Waals surface area (Å²) in [6.45, 7) is 10.1. The second-order valence-electron chi connectivity index (χ2n) is 7.80. The smallest absolute Gasteiger partial charge is 0.412 e. The lowest BCUT2D eigenvalue weighted by Crippen LogP contribution is -2.39. The molecule has 176 valence electrons. The second kappa shape index (κ2) is 14.5. The zero-order valence-electron chi connectivity index (χ0n) is 19.2. The number of guanidine groups is 1. The molecule has 0 radical (unpaired) electrons. The van der Waals surface area contributed by atoms with Crippen molar-refractivity contribution in [2.24, 2.45) is 4.99 Å². The third-order valence-corrected chi connectivity index (χ3v) is 3.91. The summed E-state index contributed by atoms with van der Waals surface area (Å²) in [5.41, 5.74) is 1.31. The van der Waals surface area contributed by atoms with Gasteiger partial charge in [0.05, 0.1) is 12.7 Å². The molecule has 0 atom stereocenters. The van der Waals surface area contributed by atoms with E-state index in [4.69, 9.17) is 9.47 Å². The van der Waals surface area contributed by atoms with E-state index in [1.807, 2.05) is 64.1 Å². The first-order valence-corrected chi connectivity index (χ1v) is 10.5. The predicted molar refractivity (Wildman–Crippen MR) is 139 cm³/mol. The van der Waals surface area contributed by atoms with Crippen molar-refractivity contribution in [1.29, 1.82) is 0 Å². The summed E-state index contributed by atoms with van der Waals surface area (Å²) in [6, 6.07) is 11.4. The molecule has 0 saturated heterocycles. The lowest BCUT2D eigenvalue weighted by Gasteiger charge is -2.19. The maximum absolute atomic E-state index is 11.8. The first kappa shape index (κ1) is 27.5. The highest BCUT2D eigenvalue weighted by Gasteiger charge is 2.16. The average molecular weight is 555 g/mol. The molecular formula is C23H34IN5O3. The molecule has 0 aliphatic rings. The van der Waals surface area contributed by atoms with Gasteiger partial charge in [-0.2, -0.15) is 0 Å². The third kappa shape index (κ3) is 11.7. The fourth-order valence-electron chi connectivity index (χ4n) is 2.59. The van der Waals surface area contributed by atoms with Crippen LogP contribution in [0, 0.1) is 0 Å². The van der Waals surface area contributed by atoms with Crippen molar-refractivity contribution >= 4 is 41.7 Å². The number of pyridine rings is 1. The Morgan fingerprint density at radius 1 is 1.12 bits per heavy atom. The van der Waals surface area contributed by atoms with Gasteiger partial charge in [-0.05, 0) is 63.9 Å². The van der Waals surface area contributed by atoms with Crippen molar-refractivity contribution in [2.75, 3.05) is 31.6 Å². The lowest BCUT2D eigenvalue weighted by atomic mass is 10.1. The number of aliphatic imine (C=N–C) groups is 1. The molecule has 9 heteroatoms. The quantitative estimate of drug-likeness (QED) is 0.186. The highest BCUT2D eigenvalue weighted by molar-refractivity contribution is 14.0. The van der Waals surface area contributed by atoms with Gasteiger partial charge in [0.1, 0.15) is 18.0 Å². The fraction of sp³-hybridized carbons (Fsp3) is 0.435. The molecule has 1 heterocycles. The number of halogens is 1. The van der Waals surface area contributed by atoms with Crippen molar-refractivity contribution < 1.29 is 14.3 Å². The summed E-state index contributed by atoms with van der Waals surface area (Å²) in [7, 11) is 0. The Labute approximate surface area is 207 Å². The largest absolute Gasteiger partial charge is 0.490 e. The van der Waals surface area contributed by atoms with Crippen LogP contribution in [-0.2, 0) is 11.2 Å². The summed E-state index contributed by atoms with van der Waals surface area (Å²) in [5, 5.41) is 9.22. The molecule has 8 nitrogen and oxygen atoms in total. The molecule has 1 aromatic heterocycles. The Morgan fingerprint density at radius 3 is 2.50 bits per heavy atom. The standard InChI is InChI=1S/C23H33N5O3.HI/c1-5-25-21(27-15-16-30-20-7-6-13-24-17-20)26-14-12-18-8-10-19(11-9-18)28-22(29)31-23(2,3)4;/h6-11,13,17H,5,12,14-16H2,1-4H3,(H,28,29)(H2,25,26,27);1H. The molecule has 0 saturated carbocycles. The minimum atomic E-state index is -0.523. The van der Waals surface area contributed by atoms with E-state index >= 15 is 0 Å². The van der Waals surface area contributed by atoms with Gasteiger partial charge in [-0.25, -0.2) is 4.79 Å². The normalized spacial score (nSPS) is 11.2. The van der Waals surface area contributed by atoms with E-state index in [2.05, 4.69) is 25.9 Å². The number of benzene rings is 1. The second-order valence-corrected chi connectivity index (χ2v) is 7.80. The zero-order chi connectivity index (χ0) is 22.5. The van der Waals surface area contributed by atoms with E-state index < -0.39 is 11.7 Å². The Hall–Kier alpha value is -2.56. The van der Waals surface area contributed by atoms with Gasteiger partial charge in [0.25, 0.3) is 0 Å². The average Bonchev–Trinajstić information content (AvgIpc) is 2.72. The zero-order valence-corrected chi connectivity index (χ0v) is 21.5. The van der Waals surface area contributed by atoms with Crippen molar-refractivity contribution in [3.05, 3.63) is 54.4 Å². The summed E-state index contributed by atoms with van der Waals surface area (Å²) < 4.78 is 10.9. The third-order valence-electron chi connectivity index (χ3n) is 3.91. The molecule has 0 aliphatic carbocycles. The van der Waals surface area contributed by atoms with Crippen LogP contribution in [0.25, 0.3) is 0 Å². The van der Waals surface area contributed by atoms with Gasteiger partial charge in [-0.3, -0.25) is 15.3 Å². The van der Waals surface area contributed by atoms with Crippen LogP contribution in [-0.4, -0.2) is 48.9 Å². The molecule has 2 rings (SSSR count). The van der Waals surface area contributed by atoms with Crippen LogP contribution >= 0.6 is 24.0 Å². The Balaban J connectivity index is 0.00000512. The van der Waals surface area contributed by atoms with Gasteiger partial charge in [0.2, 0.25) is 0 Å². The van der Waals surface area contributed by atoms with Crippen molar-refractivity contribution in [3.8, 4) is 5.75 Å². The molecule has 1 amide bonds. The molecule has 0 unspecified atom stereocenters. The van der Waals surface area contributed by atoms with Crippen LogP contribution in [0.1, 0.15) is 33.3 Å². The van der Waals surface area contributed by atoms with Crippen LogP contribution < -0.4 is 20.7 Å².